The van der Waals surface area contributed by atoms with Gasteiger partial charge in [-0.05, 0) is 75.0 Å². The molecule has 1 N–H and O–H groups in total. The van der Waals surface area contributed by atoms with E-state index in [1.54, 1.807) is 0 Å². The maximum Gasteiger partial charge on any atom is 0.143 e. The molecule has 0 atom stereocenters. The molecule has 0 saturated carbocycles. The molecule has 7 aromatic carbocycles. The van der Waals surface area contributed by atoms with E-state index in [9.17, 15) is 0 Å². The summed E-state index contributed by atoms with van der Waals surface area (Å²) in [6.07, 6.45) is 0. The molecule has 0 fully saturated rings. The average molecular weight is 538 g/mol. The molecule has 0 amide bonds. The minimum atomic E-state index is 0.905. The fourth-order valence-electron chi connectivity index (χ4n) is 5.95. The number of hydrogen-bond donors (Lipinski definition) is 1. The van der Waals surface area contributed by atoms with Crippen LogP contribution in [0.2, 0.25) is 0 Å². The van der Waals surface area contributed by atoms with Crippen LogP contribution in [0, 0.1) is 0 Å². The van der Waals surface area contributed by atoms with E-state index in [2.05, 4.69) is 157 Å². The van der Waals surface area contributed by atoms with Gasteiger partial charge >= 0.3 is 0 Å². The van der Waals surface area contributed by atoms with Gasteiger partial charge in [-0.15, -0.1) is 0 Å². The van der Waals surface area contributed by atoms with E-state index in [-0.39, 0.29) is 0 Å². The van der Waals surface area contributed by atoms with E-state index in [1.807, 2.05) is 6.07 Å². The first-order valence-electron chi connectivity index (χ1n) is 14.3. The summed E-state index contributed by atoms with van der Waals surface area (Å²) in [7, 11) is 0. The monoisotopic (exact) mass is 537 g/mol. The third kappa shape index (κ3) is 4.31. The van der Waals surface area contributed by atoms with Crippen molar-refractivity contribution in [2.75, 3.05) is 5.32 Å². The molecule has 0 unspecified atom stereocenters. The Labute approximate surface area is 244 Å². The summed E-state index contributed by atoms with van der Waals surface area (Å²) < 4.78 is 6.36. The van der Waals surface area contributed by atoms with Crippen LogP contribution in [0.3, 0.4) is 0 Å². The van der Waals surface area contributed by atoms with Gasteiger partial charge in [0.2, 0.25) is 0 Å². The maximum absolute atomic E-state index is 6.36. The van der Waals surface area contributed by atoms with Gasteiger partial charge in [0, 0.05) is 27.7 Å². The summed E-state index contributed by atoms with van der Waals surface area (Å²) in [6.45, 7) is 0. The topological polar surface area (TPSA) is 25.2 Å². The highest BCUT2D eigenvalue weighted by atomic mass is 16.3. The van der Waals surface area contributed by atoms with Crippen molar-refractivity contribution in [3.63, 3.8) is 0 Å². The molecular formula is C40H27NO. The Hall–Kier alpha value is -5.60. The van der Waals surface area contributed by atoms with Crippen LogP contribution in [0.15, 0.2) is 162 Å². The molecule has 0 spiro atoms. The lowest BCUT2D eigenvalue weighted by atomic mass is 9.98. The predicted octanol–water partition coefficient (Wildman–Crippen LogP) is 11.5. The summed E-state index contributed by atoms with van der Waals surface area (Å²) in [5.74, 6) is 0. The van der Waals surface area contributed by atoms with E-state index in [0.29, 0.717) is 0 Å². The van der Waals surface area contributed by atoms with Gasteiger partial charge in [-0.1, -0.05) is 121 Å². The second-order valence-corrected chi connectivity index (χ2v) is 10.7. The molecule has 1 heterocycles. The Balaban J connectivity index is 1.05. The fourth-order valence-corrected chi connectivity index (χ4v) is 5.95. The molecule has 2 heteroatoms. The Bertz CT molecular complexity index is 2190. The minimum Gasteiger partial charge on any atom is -0.455 e. The Morgan fingerprint density at radius 2 is 0.976 bits per heavy atom. The van der Waals surface area contributed by atoms with Crippen LogP contribution in [-0.4, -0.2) is 0 Å². The van der Waals surface area contributed by atoms with Crippen LogP contribution in [0.4, 0.5) is 11.4 Å². The van der Waals surface area contributed by atoms with E-state index in [0.717, 1.165) is 44.4 Å². The van der Waals surface area contributed by atoms with Gasteiger partial charge < -0.3 is 9.73 Å². The molecule has 0 saturated heterocycles. The second kappa shape index (κ2) is 10.1. The molecule has 0 bridgehead atoms. The number of fused-ring (bicyclic) bond motifs is 4. The Morgan fingerprint density at radius 3 is 1.79 bits per heavy atom. The van der Waals surface area contributed by atoms with E-state index in [4.69, 9.17) is 4.42 Å². The molecule has 1 aromatic heterocycles. The zero-order valence-corrected chi connectivity index (χ0v) is 22.9. The number of hydrogen-bond acceptors (Lipinski definition) is 2. The highest BCUT2D eigenvalue weighted by molar-refractivity contribution is 6.10. The lowest BCUT2D eigenvalue weighted by Gasteiger charge is -2.10. The molecule has 8 aromatic rings. The molecular weight excluding hydrogens is 510 g/mol. The summed E-state index contributed by atoms with van der Waals surface area (Å²) in [5.41, 5.74) is 11.0. The van der Waals surface area contributed by atoms with Crippen molar-refractivity contribution in [1.29, 1.82) is 0 Å². The van der Waals surface area contributed by atoms with Gasteiger partial charge in [0.15, 0.2) is 0 Å². The van der Waals surface area contributed by atoms with E-state index in [1.165, 1.54) is 33.0 Å². The summed E-state index contributed by atoms with van der Waals surface area (Å²) in [6, 6.07) is 55.6. The van der Waals surface area contributed by atoms with Gasteiger partial charge in [-0.2, -0.15) is 0 Å². The molecule has 0 aliphatic carbocycles. The van der Waals surface area contributed by atoms with Crippen LogP contribution < -0.4 is 5.32 Å². The molecule has 0 aliphatic heterocycles. The SMILES string of the molecule is c1ccc(-c2cccc3c2oc2ccc(-c4ccc(Nc5ccc(-c6cccc7ccccc67)cc5)cc4)cc23)cc1. The Morgan fingerprint density at radius 1 is 0.381 bits per heavy atom. The number of rotatable bonds is 5. The molecule has 0 aliphatic rings. The number of anilines is 2. The predicted molar refractivity (Wildman–Crippen MR) is 177 cm³/mol. The van der Waals surface area contributed by atoms with Crippen molar-refractivity contribution in [2.45, 2.75) is 0 Å². The standard InChI is InChI=1S/C40H27NO/c1-2-8-29(9-3-1)36-14-7-15-37-38-26-31(20-25-39(38)42-40(36)37)27-16-21-32(22-17-27)41-33-23-18-30(19-24-33)35-13-6-11-28-10-4-5-12-34(28)35/h1-26,41H. The number of benzene rings is 7. The van der Waals surface area contributed by atoms with Gasteiger partial charge in [0.05, 0.1) is 0 Å². The number of para-hydroxylation sites is 1. The smallest absolute Gasteiger partial charge is 0.143 e. The minimum absolute atomic E-state index is 0.905. The summed E-state index contributed by atoms with van der Waals surface area (Å²) in [4.78, 5) is 0. The van der Waals surface area contributed by atoms with E-state index >= 15 is 0 Å². The van der Waals surface area contributed by atoms with Crippen molar-refractivity contribution >= 4 is 44.1 Å². The van der Waals surface area contributed by atoms with Gasteiger partial charge in [-0.25, -0.2) is 0 Å². The van der Waals surface area contributed by atoms with Crippen molar-refractivity contribution < 1.29 is 4.42 Å². The van der Waals surface area contributed by atoms with Crippen LogP contribution in [0.25, 0.3) is 66.1 Å². The first-order valence-corrected chi connectivity index (χ1v) is 14.3. The van der Waals surface area contributed by atoms with Crippen LogP contribution in [0.5, 0.6) is 0 Å². The second-order valence-electron chi connectivity index (χ2n) is 10.7. The van der Waals surface area contributed by atoms with Crippen LogP contribution in [-0.2, 0) is 0 Å². The molecule has 42 heavy (non-hydrogen) atoms. The lowest BCUT2D eigenvalue weighted by Crippen LogP contribution is -1.90. The molecule has 0 radical (unpaired) electrons. The lowest BCUT2D eigenvalue weighted by molar-refractivity contribution is 0.670. The first kappa shape index (κ1) is 24.2. The van der Waals surface area contributed by atoms with Crippen LogP contribution in [0.1, 0.15) is 0 Å². The van der Waals surface area contributed by atoms with Crippen LogP contribution >= 0.6 is 0 Å². The largest absolute Gasteiger partial charge is 0.455 e. The fraction of sp³-hybridized carbons (Fsp3) is 0. The average Bonchev–Trinajstić information content (AvgIpc) is 3.44. The summed E-state index contributed by atoms with van der Waals surface area (Å²) >= 11 is 0. The Kier molecular flexibility index (Phi) is 5.82. The molecule has 198 valence electrons. The highest BCUT2D eigenvalue weighted by Crippen LogP contribution is 2.38. The van der Waals surface area contributed by atoms with Crippen molar-refractivity contribution in [2.24, 2.45) is 0 Å². The molecule has 2 nitrogen and oxygen atoms in total. The van der Waals surface area contributed by atoms with Gasteiger partial charge in [0.25, 0.3) is 0 Å². The number of furan rings is 1. The van der Waals surface area contributed by atoms with Crippen molar-refractivity contribution in [3.8, 4) is 33.4 Å². The number of nitrogens with one attached hydrogen (secondary N) is 1. The highest BCUT2D eigenvalue weighted by Gasteiger charge is 2.13. The van der Waals surface area contributed by atoms with Gasteiger partial charge in [0.1, 0.15) is 11.2 Å². The third-order valence-corrected chi connectivity index (χ3v) is 8.07. The normalized spacial score (nSPS) is 11.3. The van der Waals surface area contributed by atoms with Crippen molar-refractivity contribution in [1.82, 2.24) is 0 Å². The van der Waals surface area contributed by atoms with Gasteiger partial charge in [-0.3, -0.25) is 0 Å². The quantitative estimate of drug-likeness (QED) is 0.236. The van der Waals surface area contributed by atoms with E-state index < -0.39 is 0 Å². The zero-order chi connectivity index (χ0) is 27.9. The zero-order valence-electron chi connectivity index (χ0n) is 22.9. The molecule has 8 rings (SSSR count). The third-order valence-electron chi connectivity index (χ3n) is 8.07. The summed E-state index contributed by atoms with van der Waals surface area (Å²) in [5, 5.41) is 8.36. The maximum atomic E-state index is 6.36. The van der Waals surface area contributed by atoms with Crippen molar-refractivity contribution in [3.05, 3.63) is 158 Å². The first-order chi connectivity index (χ1) is 20.8.